The second-order valence-corrected chi connectivity index (χ2v) is 10.7. The fourth-order valence-electron chi connectivity index (χ4n) is 4.38. The van der Waals surface area contributed by atoms with E-state index in [1.165, 1.54) is 6.21 Å². The Balaban J connectivity index is 1.08. The van der Waals surface area contributed by atoms with Gasteiger partial charge in [-0.3, -0.25) is 14.4 Å². The molecule has 0 unspecified atom stereocenters. The molecule has 9 nitrogen and oxygen atoms in total. The summed E-state index contributed by atoms with van der Waals surface area (Å²) in [5.41, 5.74) is 6.43. The first-order valence-electron chi connectivity index (χ1n) is 13.5. The highest BCUT2D eigenvalue weighted by Gasteiger charge is 2.32. The van der Waals surface area contributed by atoms with Gasteiger partial charge in [-0.05, 0) is 77.4 Å². The third-order valence-corrected chi connectivity index (χ3v) is 7.88. The Morgan fingerprint density at radius 1 is 0.930 bits per heavy atom. The number of methoxy groups -OCH3 is 1. The van der Waals surface area contributed by atoms with Gasteiger partial charge in [0, 0.05) is 17.8 Å². The minimum atomic E-state index is -0.345. The molecular formula is C33H30N4O5S. The number of nitrogens with one attached hydrogen (secondary N) is 2. The van der Waals surface area contributed by atoms with Gasteiger partial charge in [-0.2, -0.15) is 5.10 Å². The molecule has 0 saturated carbocycles. The van der Waals surface area contributed by atoms with Crippen LogP contribution in [0.2, 0.25) is 0 Å². The van der Waals surface area contributed by atoms with Gasteiger partial charge < -0.3 is 19.7 Å². The van der Waals surface area contributed by atoms with Crippen molar-refractivity contribution in [1.82, 2.24) is 10.3 Å². The molecule has 218 valence electrons. The van der Waals surface area contributed by atoms with Crippen molar-refractivity contribution in [1.29, 1.82) is 0 Å². The summed E-state index contributed by atoms with van der Waals surface area (Å²) in [6, 6.07) is 31.1. The summed E-state index contributed by atoms with van der Waals surface area (Å²) in [6.45, 7) is 0.399. The Labute approximate surface area is 253 Å². The predicted molar refractivity (Wildman–Crippen MR) is 167 cm³/mol. The molecule has 0 spiro atoms. The van der Waals surface area contributed by atoms with Crippen LogP contribution in [0.5, 0.6) is 11.5 Å². The topological polar surface area (TPSA) is 109 Å². The maximum Gasteiger partial charge on any atom is 0.271 e. The van der Waals surface area contributed by atoms with Gasteiger partial charge in [0.2, 0.25) is 5.91 Å². The van der Waals surface area contributed by atoms with Crippen LogP contribution >= 0.6 is 11.8 Å². The molecule has 2 N–H and O–H groups in total. The first kappa shape index (κ1) is 29.4. The zero-order chi connectivity index (χ0) is 30.0. The SMILES string of the molecule is COc1ccc(NC(=O)COc2ccc(/C=N\NC(=O)c3ccc([C@@H]4SCC(=O)N4Cc4ccccc4)cc3)cc2)cc1. The van der Waals surface area contributed by atoms with Gasteiger partial charge in [-0.1, -0.05) is 42.5 Å². The molecule has 1 atom stereocenters. The van der Waals surface area contributed by atoms with Gasteiger partial charge in [0.25, 0.3) is 11.8 Å². The van der Waals surface area contributed by atoms with E-state index in [9.17, 15) is 14.4 Å². The number of carbonyl (C=O) groups is 3. The third kappa shape index (κ3) is 8.02. The molecule has 1 aliphatic heterocycles. The Kier molecular flexibility index (Phi) is 9.71. The quantitative estimate of drug-likeness (QED) is 0.181. The van der Waals surface area contributed by atoms with E-state index in [0.29, 0.717) is 35.0 Å². The number of thioether (sulfide) groups is 1. The molecule has 0 radical (unpaired) electrons. The van der Waals surface area contributed by atoms with Crippen LogP contribution in [0.3, 0.4) is 0 Å². The molecule has 0 bridgehead atoms. The molecule has 4 aromatic carbocycles. The lowest BCUT2D eigenvalue weighted by molar-refractivity contribution is -0.128. The van der Waals surface area contributed by atoms with E-state index in [1.54, 1.807) is 79.5 Å². The highest BCUT2D eigenvalue weighted by Crippen LogP contribution is 2.39. The van der Waals surface area contributed by atoms with Gasteiger partial charge in [-0.25, -0.2) is 5.43 Å². The lowest BCUT2D eigenvalue weighted by Crippen LogP contribution is -2.27. The average Bonchev–Trinajstić information content (AvgIpc) is 3.40. The summed E-state index contributed by atoms with van der Waals surface area (Å²) in [7, 11) is 1.58. The number of anilines is 1. The van der Waals surface area contributed by atoms with Crippen LogP contribution in [0.15, 0.2) is 108 Å². The minimum Gasteiger partial charge on any atom is -0.497 e. The smallest absolute Gasteiger partial charge is 0.271 e. The molecule has 1 heterocycles. The Morgan fingerprint density at radius 2 is 1.63 bits per heavy atom. The number of hydrogen-bond donors (Lipinski definition) is 2. The predicted octanol–water partition coefficient (Wildman–Crippen LogP) is 5.25. The van der Waals surface area contributed by atoms with Crippen molar-refractivity contribution in [2.75, 3.05) is 24.8 Å². The fourth-order valence-corrected chi connectivity index (χ4v) is 5.57. The summed E-state index contributed by atoms with van der Waals surface area (Å²) in [5.74, 6) is 1.13. The molecule has 0 aliphatic carbocycles. The summed E-state index contributed by atoms with van der Waals surface area (Å²) >= 11 is 1.58. The van der Waals surface area contributed by atoms with E-state index in [2.05, 4.69) is 15.8 Å². The van der Waals surface area contributed by atoms with Crippen LogP contribution in [-0.2, 0) is 16.1 Å². The van der Waals surface area contributed by atoms with Crippen LogP contribution < -0.4 is 20.2 Å². The standard InChI is InChI=1S/C33H30N4O5S/c1-41-28-17-13-27(14-18-28)35-30(38)21-42-29-15-7-23(8-16-29)19-34-36-32(40)25-9-11-26(12-10-25)33-37(31(39)22-43-33)20-24-5-3-2-4-6-24/h2-19,33H,20-22H2,1H3,(H,35,38)(H,36,40)/b34-19-/t33-/m0/s1. The normalized spacial score (nSPS) is 14.5. The van der Waals surface area contributed by atoms with E-state index in [0.717, 1.165) is 16.7 Å². The lowest BCUT2D eigenvalue weighted by atomic mass is 10.1. The third-order valence-electron chi connectivity index (χ3n) is 6.63. The van der Waals surface area contributed by atoms with Crippen molar-refractivity contribution in [3.8, 4) is 11.5 Å². The molecule has 1 fully saturated rings. The number of ether oxygens (including phenoxy) is 2. The number of hydrogen-bond acceptors (Lipinski definition) is 7. The van der Waals surface area contributed by atoms with Crippen molar-refractivity contribution in [3.05, 3.63) is 125 Å². The number of amides is 3. The van der Waals surface area contributed by atoms with Gasteiger partial charge >= 0.3 is 0 Å². The molecule has 1 aliphatic rings. The first-order chi connectivity index (χ1) is 21.0. The number of benzene rings is 4. The van der Waals surface area contributed by atoms with E-state index in [-0.39, 0.29) is 29.7 Å². The van der Waals surface area contributed by atoms with E-state index in [4.69, 9.17) is 9.47 Å². The van der Waals surface area contributed by atoms with Gasteiger partial charge in [0.1, 0.15) is 16.9 Å². The van der Waals surface area contributed by atoms with E-state index in [1.807, 2.05) is 47.4 Å². The van der Waals surface area contributed by atoms with Gasteiger partial charge in [-0.15, -0.1) is 11.8 Å². The maximum atomic E-state index is 12.6. The highest BCUT2D eigenvalue weighted by atomic mass is 32.2. The van der Waals surface area contributed by atoms with Crippen LogP contribution in [0.1, 0.15) is 32.4 Å². The summed E-state index contributed by atoms with van der Waals surface area (Å²) in [5, 5.41) is 6.71. The lowest BCUT2D eigenvalue weighted by Gasteiger charge is -2.24. The monoisotopic (exact) mass is 594 g/mol. The average molecular weight is 595 g/mol. The summed E-state index contributed by atoms with van der Waals surface area (Å²) in [4.78, 5) is 39.2. The number of rotatable bonds is 11. The van der Waals surface area contributed by atoms with Crippen LogP contribution in [0, 0.1) is 0 Å². The zero-order valence-corrected chi connectivity index (χ0v) is 24.3. The Morgan fingerprint density at radius 3 is 2.33 bits per heavy atom. The van der Waals surface area contributed by atoms with Gasteiger partial charge in [0.05, 0.1) is 19.1 Å². The van der Waals surface area contributed by atoms with Crippen molar-refractivity contribution < 1.29 is 23.9 Å². The van der Waals surface area contributed by atoms with Crippen LogP contribution in [0.4, 0.5) is 5.69 Å². The molecule has 5 rings (SSSR count). The largest absolute Gasteiger partial charge is 0.497 e. The van der Waals surface area contributed by atoms with Crippen molar-refractivity contribution in [2.45, 2.75) is 11.9 Å². The number of carbonyl (C=O) groups excluding carboxylic acids is 3. The number of nitrogens with zero attached hydrogens (tertiary/aromatic N) is 2. The van der Waals surface area contributed by atoms with Crippen molar-refractivity contribution in [2.24, 2.45) is 5.10 Å². The molecule has 4 aromatic rings. The summed E-state index contributed by atoms with van der Waals surface area (Å²) < 4.78 is 10.7. The Bertz CT molecular complexity index is 1580. The second-order valence-electron chi connectivity index (χ2n) is 9.63. The molecular weight excluding hydrogens is 564 g/mol. The molecule has 10 heteroatoms. The molecule has 1 saturated heterocycles. The van der Waals surface area contributed by atoms with E-state index >= 15 is 0 Å². The molecule has 43 heavy (non-hydrogen) atoms. The fraction of sp³-hybridized carbons (Fsp3) is 0.152. The van der Waals surface area contributed by atoms with Crippen molar-refractivity contribution >= 4 is 41.4 Å². The zero-order valence-electron chi connectivity index (χ0n) is 23.4. The number of hydrazone groups is 1. The first-order valence-corrected chi connectivity index (χ1v) is 14.6. The van der Waals surface area contributed by atoms with Crippen LogP contribution in [0.25, 0.3) is 0 Å². The van der Waals surface area contributed by atoms with Gasteiger partial charge in [0.15, 0.2) is 6.61 Å². The molecule has 3 amide bonds. The van der Waals surface area contributed by atoms with Crippen LogP contribution in [-0.4, -0.2) is 48.3 Å². The summed E-state index contributed by atoms with van der Waals surface area (Å²) in [6.07, 6.45) is 1.52. The Hall–Kier alpha value is -5.09. The highest BCUT2D eigenvalue weighted by molar-refractivity contribution is 8.00. The van der Waals surface area contributed by atoms with E-state index < -0.39 is 0 Å². The minimum absolute atomic E-state index is 0.0994. The van der Waals surface area contributed by atoms with Crippen molar-refractivity contribution in [3.63, 3.8) is 0 Å². The molecule has 0 aromatic heterocycles. The maximum absolute atomic E-state index is 12.6. The second kappa shape index (κ2) is 14.2.